The standard InChI is InChI=1S/C16H15N3O/c17-9-12-5-7-13(8-6-12)11-19-16(20)15-4-2-1-3-14(15)10-18/h1-8H,9,11,17H2,(H,19,20). The van der Waals surface area contributed by atoms with Crippen molar-refractivity contribution in [2.45, 2.75) is 13.1 Å². The number of nitrogens with zero attached hydrogens (tertiary/aromatic N) is 1. The van der Waals surface area contributed by atoms with E-state index in [1.165, 1.54) is 0 Å². The molecule has 0 saturated carbocycles. The van der Waals surface area contributed by atoms with Gasteiger partial charge in [-0.25, -0.2) is 0 Å². The predicted molar refractivity (Wildman–Crippen MR) is 76.7 cm³/mol. The van der Waals surface area contributed by atoms with Gasteiger partial charge in [-0.1, -0.05) is 36.4 Å². The van der Waals surface area contributed by atoms with E-state index >= 15 is 0 Å². The molecule has 1 amide bonds. The van der Waals surface area contributed by atoms with E-state index in [4.69, 9.17) is 11.0 Å². The number of amides is 1. The fourth-order valence-corrected chi connectivity index (χ4v) is 1.85. The maximum Gasteiger partial charge on any atom is 0.252 e. The molecule has 2 rings (SSSR count). The summed E-state index contributed by atoms with van der Waals surface area (Å²) in [5, 5.41) is 11.8. The van der Waals surface area contributed by atoms with E-state index in [9.17, 15) is 4.79 Å². The minimum atomic E-state index is -0.245. The summed E-state index contributed by atoms with van der Waals surface area (Å²) >= 11 is 0. The van der Waals surface area contributed by atoms with Crippen molar-refractivity contribution >= 4 is 5.91 Å². The summed E-state index contributed by atoms with van der Waals surface area (Å²) in [6, 6.07) is 16.5. The molecule has 0 aliphatic heterocycles. The number of carbonyl (C=O) groups excluding carboxylic acids is 1. The molecule has 0 aromatic heterocycles. The Bertz CT molecular complexity index is 642. The molecule has 0 radical (unpaired) electrons. The average Bonchev–Trinajstić information content (AvgIpc) is 2.53. The van der Waals surface area contributed by atoms with E-state index in [1.54, 1.807) is 24.3 Å². The first-order valence-electron chi connectivity index (χ1n) is 6.30. The number of hydrogen-bond donors (Lipinski definition) is 2. The average molecular weight is 265 g/mol. The fourth-order valence-electron chi connectivity index (χ4n) is 1.85. The number of nitrogens with one attached hydrogen (secondary N) is 1. The van der Waals surface area contributed by atoms with Crippen molar-refractivity contribution in [1.29, 1.82) is 5.26 Å². The van der Waals surface area contributed by atoms with Gasteiger partial charge in [0.15, 0.2) is 0 Å². The van der Waals surface area contributed by atoms with E-state index in [-0.39, 0.29) is 5.91 Å². The highest BCUT2D eigenvalue weighted by molar-refractivity contribution is 5.96. The Kier molecular flexibility index (Phi) is 4.48. The summed E-state index contributed by atoms with van der Waals surface area (Å²) in [6.07, 6.45) is 0. The zero-order valence-corrected chi connectivity index (χ0v) is 11.0. The van der Waals surface area contributed by atoms with Crippen molar-refractivity contribution in [3.8, 4) is 6.07 Å². The first-order valence-corrected chi connectivity index (χ1v) is 6.30. The monoisotopic (exact) mass is 265 g/mol. The van der Waals surface area contributed by atoms with E-state index in [0.29, 0.717) is 24.2 Å². The number of rotatable bonds is 4. The minimum absolute atomic E-state index is 0.245. The molecule has 4 nitrogen and oxygen atoms in total. The van der Waals surface area contributed by atoms with Crippen molar-refractivity contribution in [3.05, 3.63) is 70.8 Å². The number of carbonyl (C=O) groups is 1. The van der Waals surface area contributed by atoms with Crippen LogP contribution in [0.3, 0.4) is 0 Å². The van der Waals surface area contributed by atoms with E-state index in [0.717, 1.165) is 11.1 Å². The lowest BCUT2D eigenvalue weighted by atomic mass is 10.1. The Morgan fingerprint density at radius 1 is 1.10 bits per heavy atom. The molecule has 20 heavy (non-hydrogen) atoms. The van der Waals surface area contributed by atoms with Crippen molar-refractivity contribution in [2.75, 3.05) is 0 Å². The summed E-state index contributed by atoms with van der Waals surface area (Å²) < 4.78 is 0. The Labute approximate surface area is 117 Å². The predicted octanol–water partition coefficient (Wildman–Crippen LogP) is 1.95. The van der Waals surface area contributed by atoms with Gasteiger partial charge in [-0.2, -0.15) is 5.26 Å². The highest BCUT2D eigenvalue weighted by atomic mass is 16.1. The molecule has 3 N–H and O–H groups in total. The van der Waals surface area contributed by atoms with Gasteiger partial charge in [-0.3, -0.25) is 4.79 Å². The smallest absolute Gasteiger partial charge is 0.252 e. The second-order valence-electron chi connectivity index (χ2n) is 4.36. The summed E-state index contributed by atoms with van der Waals surface area (Å²) in [5.41, 5.74) is 8.35. The fraction of sp³-hybridized carbons (Fsp3) is 0.125. The molecular weight excluding hydrogens is 250 g/mol. The van der Waals surface area contributed by atoms with E-state index in [2.05, 4.69) is 5.32 Å². The quantitative estimate of drug-likeness (QED) is 0.886. The van der Waals surface area contributed by atoms with Crippen LogP contribution in [-0.4, -0.2) is 5.91 Å². The van der Waals surface area contributed by atoms with Gasteiger partial charge in [-0.15, -0.1) is 0 Å². The summed E-state index contributed by atoms with van der Waals surface area (Å²) in [6.45, 7) is 0.922. The van der Waals surface area contributed by atoms with Gasteiger partial charge in [0.25, 0.3) is 5.91 Å². The zero-order chi connectivity index (χ0) is 14.4. The molecule has 0 fully saturated rings. The van der Waals surface area contributed by atoms with Crippen LogP contribution < -0.4 is 11.1 Å². The number of hydrogen-bond acceptors (Lipinski definition) is 3. The SMILES string of the molecule is N#Cc1ccccc1C(=O)NCc1ccc(CN)cc1. The number of benzene rings is 2. The molecule has 4 heteroatoms. The Balaban J connectivity index is 2.03. The van der Waals surface area contributed by atoms with E-state index < -0.39 is 0 Å². The third kappa shape index (κ3) is 3.22. The van der Waals surface area contributed by atoms with Gasteiger partial charge < -0.3 is 11.1 Å². The minimum Gasteiger partial charge on any atom is -0.348 e. The molecule has 0 spiro atoms. The van der Waals surface area contributed by atoms with Crippen molar-refractivity contribution in [2.24, 2.45) is 5.73 Å². The molecule has 0 saturated heterocycles. The number of nitrogens with two attached hydrogens (primary N) is 1. The van der Waals surface area contributed by atoms with Crippen LogP contribution in [0, 0.1) is 11.3 Å². The Morgan fingerprint density at radius 2 is 1.75 bits per heavy atom. The molecular formula is C16H15N3O. The van der Waals surface area contributed by atoms with Gasteiger partial charge >= 0.3 is 0 Å². The van der Waals surface area contributed by atoms with Crippen LogP contribution in [-0.2, 0) is 13.1 Å². The van der Waals surface area contributed by atoms with E-state index in [1.807, 2.05) is 30.3 Å². The summed E-state index contributed by atoms with van der Waals surface area (Å²) in [4.78, 5) is 12.0. The summed E-state index contributed by atoms with van der Waals surface area (Å²) in [5.74, 6) is -0.245. The van der Waals surface area contributed by atoms with Crippen LogP contribution in [0.2, 0.25) is 0 Å². The second-order valence-corrected chi connectivity index (χ2v) is 4.36. The molecule has 0 bridgehead atoms. The van der Waals surface area contributed by atoms with Crippen LogP contribution in [0.5, 0.6) is 0 Å². The van der Waals surface area contributed by atoms with Gasteiger partial charge in [0, 0.05) is 13.1 Å². The first-order chi connectivity index (χ1) is 9.74. The molecule has 0 atom stereocenters. The molecule has 0 heterocycles. The molecule has 100 valence electrons. The van der Waals surface area contributed by atoms with Gasteiger partial charge in [0.1, 0.15) is 0 Å². The molecule has 2 aromatic carbocycles. The van der Waals surface area contributed by atoms with Crippen molar-refractivity contribution in [1.82, 2.24) is 5.32 Å². The molecule has 0 aliphatic rings. The largest absolute Gasteiger partial charge is 0.348 e. The maximum absolute atomic E-state index is 12.0. The Morgan fingerprint density at radius 3 is 2.40 bits per heavy atom. The van der Waals surface area contributed by atoms with Crippen molar-refractivity contribution < 1.29 is 4.79 Å². The van der Waals surface area contributed by atoms with Gasteiger partial charge in [-0.05, 0) is 23.3 Å². The Hall–Kier alpha value is -2.64. The van der Waals surface area contributed by atoms with Crippen LogP contribution >= 0.6 is 0 Å². The lowest BCUT2D eigenvalue weighted by Gasteiger charge is -2.07. The lowest BCUT2D eigenvalue weighted by Crippen LogP contribution is -2.23. The third-order valence-corrected chi connectivity index (χ3v) is 3.00. The molecule has 2 aromatic rings. The van der Waals surface area contributed by atoms with Crippen LogP contribution in [0.1, 0.15) is 27.0 Å². The zero-order valence-electron chi connectivity index (χ0n) is 11.0. The molecule has 0 unspecified atom stereocenters. The highest BCUT2D eigenvalue weighted by Crippen LogP contribution is 2.08. The van der Waals surface area contributed by atoms with Gasteiger partial charge in [0.2, 0.25) is 0 Å². The maximum atomic E-state index is 12.0. The van der Waals surface area contributed by atoms with Crippen molar-refractivity contribution in [3.63, 3.8) is 0 Å². The molecule has 0 aliphatic carbocycles. The summed E-state index contributed by atoms with van der Waals surface area (Å²) in [7, 11) is 0. The normalized spacial score (nSPS) is 9.80. The highest BCUT2D eigenvalue weighted by Gasteiger charge is 2.09. The second kappa shape index (κ2) is 6.50. The lowest BCUT2D eigenvalue weighted by molar-refractivity contribution is 0.0950. The van der Waals surface area contributed by atoms with Crippen LogP contribution in [0.4, 0.5) is 0 Å². The van der Waals surface area contributed by atoms with Crippen LogP contribution in [0.25, 0.3) is 0 Å². The topological polar surface area (TPSA) is 78.9 Å². The first kappa shape index (κ1) is 13.8. The van der Waals surface area contributed by atoms with Crippen LogP contribution in [0.15, 0.2) is 48.5 Å². The number of nitriles is 1. The third-order valence-electron chi connectivity index (χ3n) is 3.00. The van der Waals surface area contributed by atoms with Gasteiger partial charge in [0.05, 0.1) is 17.2 Å².